The summed E-state index contributed by atoms with van der Waals surface area (Å²) in [6.07, 6.45) is -11.9. The summed E-state index contributed by atoms with van der Waals surface area (Å²) in [4.78, 5) is 18.1. The number of hydrogen-bond donors (Lipinski definition) is 1. The topological polar surface area (TPSA) is 55.1 Å². The van der Waals surface area contributed by atoms with E-state index < -0.39 is 29.1 Å². The van der Waals surface area contributed by atoms with Crippen molar-refractivity contribution in [3.8, 4) is 5.69 Å². The highest BCUT2D eigenvalue weighted by Crippen LogP contribution is 2.50. The Kier molecular flexibility index (Phi) is 6.67. The van der Waals surface area contributed by atoms with Crippen molar-refractivity contribution >= 4 is 33.5 Å². The van der Waals surface area contributed by atoms with Crippen molar-refractivity contribution in [2.75, 3.05) is 0 Å². The lowest BCUT2D eigenvalue weighted by Crippen LogP contribution is -2.54. The van der Waals surface area contributed by atoms with Gasteiger partial charge >= 0.3 is 12.4 Å². The van der Waals surface area contributed by atoms with Crippen LogP contribution >= 0.6 is 22.6 Å². The van der Waals surface area contributed by atoms with E-state index in [1.807, 2.05) is 22.6 Å². The zero-order chi connectivity index (χ0) is 26.5. The second-order valence-corrected chi connectivity index (χ2v) is 9.45. The molecule has 0 atom stereocenters. The fourth-order valence-corrected chi connectivity index (χ4v) is 4.46. The number of hydrogen-bond acceptors (Lipinski definition) is 3. The van der Waals surface area contributed by atoms with E-state index in [2.05, 4.69) is 4.98 Å². The lowest BCUT2D eigenvalue weighted by Gasteiger charge is -2.33. The van der Waals surface area contributed by atoms with Crippen LogP contribution in [0.2, 0.25) is 0 Å². The van der Waals surface area contributed by atoms with E-state index in [0.29, 0.717) is 17.6 Å². The van der Waals surface area contributed by atoms with Gasteiger partial charge in [0.05, 0.1) is 16.6 Å². The van der Waals surface area contributed by atoms with Crippen LogP contribution in [0.1, 0.15) is 22.5 Å². The number of halogens is 7. The molecule has 0 spiro atoms. The Hall–Kier alpha value is -2.93. The minimum atomic E-state index is -6.02. The number of benzene rings is 3. The summed E-state index contributed by atoms with van der Waals surface area (Å²) >= 11 is 2.02. The normalized spacial score (nSPS) is 12.8. The van der Waals surface area contributed by atoms with Crippen LogP contribution in [0.25, 0.3) is 16.6 Å². The Morgan fingerprint density at radius 3 is 2.14 bits per heavy atom. The molecule has 188 valence electrons. The third kappa shape index (κ3) is 4.49. The fraction of sp³-hybridized carbons (Fsp3) is 0.200. The van der Waals surface area contributed by atoms with Crippen LogP contribution in [0.15, 0.2) is 71.5 Å². The molecule has 0 fully saturated rings. The minimum Gasteiger partial charge on any atom is -0.369 e. The standard InChI is InChI=1S/C25H17F6IN2O2/c1-14-11-16(23(36,24(26,27)28)25(29,30)31)7-10-20(14)34-21(12-15-5-3-2-4-6-15)33-19-9-8-17(32)13-18(19)22(34)35/h2-11,13,36H,12H2,1H3. The summed E-state index contributed by atoms with van der Waals surface area (Å²) in [5.74, 6) is 0.248. The van der Waals surface area contributed by atoms with Crippen molar-refractivity contribution in [1.82, 2.24) is 9.55 Å². The van der Waals surface area contributed by atoms with Gasteiger partial charge < -0.3 is 5.11 Å². The number of aromatic nitrogens is 2. The maximum absolute atomic E-state index is 13.6. The molecule has 0 amide bonds. The van der Waals surface area contributed by atoms with E-state index in [1.54, 1.807) is 48.5 Å². The Labute approximate surface area is 214 Å². The zero-order valence-electron chi connectivity index (χ0n) is 18.5. The second-order valence-electron chi connectivity index (χ2n) is 8.20. The Morgan fingerprint density at radius 2 is 1.56 bits per heavy atom. The van der Waals surface area contributed by atoms with E-state index in [1.165, 1.54) is 11.5 Å². The lowest BCUT2D eigenvalue weighted by atomic mass is 9.90. The van der Waals surface area contributed by atoms with Gasteiger partial charge in [0, 0.05) is 15.6 Å². The Morgan fingerprint density at radius 1 is 0.917 bits per heavy atom. The predicted molar refractivity (Wildman–Crippen MR) is 130 cm³/mol. The van der Waals surface area contributed by atoms with Gasteiger partial charge in [-0.25, -0.2) is 4.98 Å². The SMILES string of the molecule is Cc1cc(C(O)(C(F)(F)F)C(F)(F)F)ccc1-n1c(Cc2ccccc2)nc2ccc(I)cc2c1=O. The largest absolute Gasteiger partial charge is 0.430 e. The van der Waals surface area contributed by atoms with Crippen LogP contribution in [0, 0.1) is 10.5 Å². The minimum absolute atomic E-state index is 0.0506. The number of aliphatic hydroxyl groups is 1. The van der Waals surface area contributed by atoms with Crippen molar-refractivity contribution in [2.45, 2.75) is 31.3 Å². The van der Waals surface area contributed by atoms with Crippen LogP contribution in [-0.2, 0) is 12.0 Å². The van der Waals surface area contributed by atoms with Crippen molar-refractivity contribution in [3.63, 3.8) is 0 Å². The van der Waals surface area contributed by atoms with E-state index in [9.17, 15) is 36.2 Å². The summed E-state index contributed by atoms with van der Waals surface area (Å²) in [5, 5.41) is 10.0. The smallest absolute Gasteiger partial charge is 0.369 e. The molecule has 0 saturated heterocycles. The van der Waals surface area contributed by atoms with Gasteiger partial charge in [-0.3, -0.25) is 9.36 Å². The number of rotatable bonds is 4. The summed E-state index contributed by atoms with van der Waals surface area (Å²) in [6, 6.07) is 16.1. The van der Waals surface area contributed by atoms with Crippen LogP contribution < -0.4 is 5.56 Å². The molecule has 1 aromatic heterocycles. The summed E-state index contributed by atoms with van der Waals surface area (Å²) in [5.41, 5.74) is -5.83. The van der Waals surface area contributed by atoms with E-state index in [4.69, 9.17) is 0 Å². The first-order valence-corrected chi connectivity index (χ1v) is 11.5. The van der Waals surface area contributed by atoms with Crippen molar-refractivity contribution in [3.05, 3.63) is 103 Å². The molecule has 0 aliphatic heterocycles. The van der Waals surface area contributed by atoms with Crippen LogP contribution in [0.4, 0.5) is 26.3 Å². The van der Waals surface area contributed by atoms with Gasteiger partial charge in [0.1, 0.15) is 5.82 Å². The average molecular weight is 618 g/mol. The molecule has 1 N–H and O–H groups in total. The van der Waals surface area contributed by atoms with Crippen molar-refractivity contribution in [2.24, 2.45) is 0 Å². The van der Waals surface area contributed by atoms with Crippen LogP contribution in [0.3, 0.4) is 0 Å². The molecule has 0 aliphatic rings. The molecule has 4 rings (SSSR count). The average Bonchev–Trinajstić information content (AvgIpc) is 2.79. The quantitative estimate of drug-likeness (QED) is 0.219. The summed E-state index contributed by atoms with van der Waals surface area (Å²) in [6.45, 7) is 1.27. The maximum Gasteiger partial charge on any atom is 0.430 e. The molecule has 0 bridgehead atoms. The highest BCUT2D eigenvalue weighted by molar-refractivity contribution is 14.1. The summed E-state index contributed by atoms with van der Waals surface area (Å²) in [7, 11) is 0. The van der Waals surface area contributed by atoms with Crippen molar-refractivity contribution < 1.29 is 31.4 Å². The number of fused-ring (bicyclic) bond motifs is 1. The third-order valence-electron chi connectivity index (χ3n) is 5.78. The van der Waals surface area contributed by atoms with Gasteiger partial charge in [-0.1, -0.05) is 42.5 Å². The van der Waals surface area contributed by atoms with Gasteiger partial charge in [-0.15, -0.1) is 0 Å². The van der Waals surface area contributed by atoms with E-state index in [0.717, 1.165) is 15.2 Å². The van der Waals surface area contributed by atoms with Crippen molar-refractivity contribution in [1.29, 1.82) is 0 Å². The highest BCUT2D eigenvalue weighted by atomic mass is 127. The predicted octanol–water partition coefficient (Wildman–Crippen LogP) is 6.20. The molecule has 4 aromatic rings. The lowest BCUT2D eigenvalue weighted by molar-refractivity contribution is -0.376. The Bertz CT molecular complexity index is 1480. The van der Waals surface area contributed by atoms with Crippen LogP contribution in [-0.4, -0.2) is 27.0 Å². The third-order valence-corrected chi connectivity index (χ3v) is 6.45. The molecule has 3 aromatic carbocycles. The van der Waals surface area contributed by atoms with Gasteiger partial charge in [0.15, 0.2) is 0 Å². The zero-order valence-corrected chi connectivity index (χ0v) is 20.6. The molecule has 0 aliphatic carbocycles. The first kappa shape index (κ1) is 26.1. The molecule has 0 radical (unpaired) electrons. The van der Waals surface area contributed by atoms with Gasteiger partial charge in [-0.2, -0.15) is 26.3 Å². The maximum atomic E-state index is 13.6. The monoisotopic (exact) mass is 618 g/mol. The van der Waals surface area contributed by atoms with E-state index in [-0.39, 0.29) is 28.9 Å². The molecule has 4 nitrogen and oxygen atoms in total. The van der Waals surface area contributed by atoms with Gasteiger partial charge in [0.25, 0.3) is 11.2 Å². The number of aryl methyl sites for hydroxylation is 1. The van der Waals surface area contributed by atoms with Crippen LogP contribution in [0.5, 0.6) is 0 Å². The molecule has 11 heteroatoms. The van der Waals surface area contributed by atoms with Gasteiger partial charge in [-0.05, 0) is 64.9 Å². The van der Waals surface area contributed by atoms with Gasteiger partial charge in [0.2, 0.25) is 0 Å². The first-order valence-electron chi connectivity index (χ1n) is 10.5. The molecule has 1 heterocycles. The number of nitrogens with zero attached hydrogens (tertiary/aromatic N) is 2. The molecule has 0 unspecified atom stereocenters. The second kappa shape index (κ2) is 9.18. The highest BCUT2D eigenvalue weighted by Gasteiger charge is 2.71. The molecule has 0 saturated carbocycles. The first-order chi connectivity index (χ1) is 16.7. The molecule has 36 heavy (non-hydrogen) atoms. The fourth-order valence-electron chi connectivity index (χ4n) is 3.97. The Balaban J connectivity index is 1.97. The van der Waals surface area contributed by atoms with E-state index >= 15 is 0 Å². The molecular weight excluding hydrogens is 601 g/mol. The summed E-state index contributed by atoms with van der Waals surface area (Å²) < 4.78 is 82.3. The molecular formula is C25H17F6IN2O2. The number of alkyl halides is 6.